The Bertz CT molecular complexity index is 627. The normalized spacial score (nSPS) is 15.0. The zero-order valence-electron chi connectivity index (χ0n) is 11.5. The number of thioether (sulfide) groups is 1. The zero-order chi connectivity index (χ0) is 14.4. The van der Waals surface area contributed by atoms with Crippen molar-refractivity contribution in [1.29, 1.82) is 5.26 Å². The van der Waals surface area contributed by atoms with Crippen molar-refractivity contribution in [3.05, 3.63) is 88.7 Å². The summed E-state index contributed by atoms with van der Waals surface area (Å²) < 4.78 is 0. The van der Waals surface area contributed by atoms with Gasteiger partial charge >= 0.3 is 0 Å². The van der Waals surface area contributed by atoms with E-state index in [1.54, 1.807) is 17.8 Å². The van der Waals surface area contributed by atoms with Crippen molar-refractivity contribution in [1.82, 2.24) is 0 Å². The van der Waals surface area contributed by atoms with Gasteiger partial charge in [0.15, 0.2) is 0 Å². The van der Waals surface area contributed by atoms with E-state index in [0.717, 1.165) is 10.7 Å². The van der Waals surface area contributed by atoms with Gasteiger partial charge in [-0.25, -0.2) is 0 Å². The molecule has 0 unspecified atom stereocenters. The molecule has 1 aliphatic rings. The third-order valence-electron chi connectivity index (χ3n) is 3.01. The SMILES string of the molecule is C=C/C(C#N)=C\C(SCc1ccccc1)=C(/C)C1=C[CH]1. The Labute approximate surface area is 125 Å². The quantitative estimate of drug-likeness (QED) is 0.541. The van der Waals surface area contributed by atoms with Crippen molar-refractivity contribution in [2.24, 2.45) is 0 Å². The molecule has 0 aromatic heterocycles. The fourth-order valence-electron chi connectivity index (χ4n) is 1.71. The van der Waals surface area contributed by atoms with E-state index < -0.39 is 0 Å². The summed E-state index contributed by atoms with van der Waals surface area (Å²) in [5.74, 6) is 0.896. The molecule has 2 heteroatoms. The highest BCUT2D eigenvalue weighted by Crippen LogP contribution is 2.35. The lowest BCUT2D eigenvalue weighted by Gasteiger charge is -2.07. The van der Waals surface area contributed by atoms with Crippen molar-refractivity contribution in [2.75, 3.05) is 0 Å². The van der Waals surface area contributed by atoms with Crippen LogP contribution >= 0.6 is 11.8 Å². The second-order valence-corrected chi connectivity index (χ2v) is 5.48. The average molecular weight is 278 g/mol. The summed E-state index contributed by atoms with van der Waals surface area (Å²) >= 11 is 1.75. The lowest BCUT2D eigenvalue weighted by Crippen LogP contribution is -1.86. The van der Waals surface area contributed by atoms with Crippen LogP contribution in [0.15, 0.2) is 76.8 Å². The Morgan fingerprint density at radius 3 is 2.60 bits per heavy atom. The van der Waals surface area contributed by atoms with E-state index in [-0.39, 0.29) is 0 Å². The highest BCUT2D eigenvalue weighted by Gasteiger charge is 2.14. The second kappa shape index (κ2) is 6.98. The van der Waals surface area contributed by atoms with Crippen molar-refractivity contribution in [2.45, 2.75) is 12.7 Å². The summed E-state index contributed by atoms with van der Waals surface area (Å²) in [7, 11) is 0. The maximum atomic E-state index is 9.05. The largest absolute Gasteiger partial charge is 0.192 e. The van der Waals surface area contributed by atoms with Crippen LogP contribution in [0.1, 0.15) is 12.5 Å². The maximum absolute atomic E-state index is 9.05. The van der Waals surface area contributed by atoms with Crippen molar-refractivity contribution < 1.29 is 0 Å². The fraction of sp³-hybridized carbons (Fsp3) is 0.111. The molecule has 20 heavy (non-hydrogen) atoms. The van der Waals surface area contributed by atoms with Gasteiger partial charge in [-0.15, -0.1) is 11.8 Å². The third-order valence-corrected chi connectivity index (χ3v) is 4.22. The van der Waals surface area contributed by atoms with Gasteiger partial charge in [0.1, 0.15) is 0 Å². The molecular formula is C18H16NS. The van der Waals surface area contributed by atoms with Crippen LogP contribution in [-0.2, 0) is 5.75 Å². The lowest BCUT2D eigenvalue weighted by molar-refractivity contribution is 1.40. The Hall–Kier alpha value is -1.98. The molecular weight excluding hydrogens is 262 g/mol. The maximum Gasteiger partial charge on any atom is 0.0991 e. The molecule has 1 aromatic rings. The minimum Gasteiger partial charge on any atom is -0.192 e. The first-order valence-corrected chi connectivity index (χ1v) is 7.40. The second-order valence-electron chi connectivity index (χ2n) is 4.47. The number of rotatable bonds is 6. The van der Waals surface area contributed by atoms with Gasteiger partial charge in [-0.05, 0) is 29.7 Å². The van der Waals surface area contributed by atoms with Crippen LogP contribution in [0.4, 0.5) is 0 Å². The van der Waals surface area contributed by atoms with E-state index in [2.05, 4.69) is 44.2 Å². The predicted octanol–water partition coefficient (Wildman–Crippen LogP) is 4.97. The molecule has 0 heterocycles. The molecule has 0 amide bonds. The number of nitriles is 1. The first-order valence-electron chi connectivity index (χ1n) is 6.42. The zero-order valence-corrected chi connectivity index (χ0v) is 12.3. The molecule has 1 radical (unpaired) electrons. The van der Waals surface area contributed by atoms with Crippen LogP contribution in [0.5, 0.6) is 0 Å². The van der Waals surface area contributed by atoms with Crippen LogP contribution in [0.2, 0.25) is 0 Å². The number of benzene rings is 1. The number of allylic oxidation sites excluding steroid dienone is 6. The highest BCUT2D eigenvalue weighted by molar-refractivity contribution is 8.02. The minimum absolute atomic E-state index is 0.598. The Kier molecular flexibility index (Phi) is 5.03. The monoisotopic (exact) mass is 278 g/mol. The molecule has 0 saturated heterocycles. The number of hydrogen-bond donors (Lipinski definition) is 0. The molecule has 1 aromatic carbocycles. The van der Waals surface area contributed by atoms with Gasteiger partial charge in [0.05, 0.1) is 11.6 Å². The Morgan fingerprint density at radius 1 is 1.35 bits per heavy atom. The van der Waals surface area contributed by atoms with E-state index in [0.29, 0.717) is 5.57 Å². The summed E-state index contributed by atoms with van der Waals surface area (Å²) in [6.45, 7) is 5.77. The van der Waals surface area contributed by atoms with E-state index in [1.165, 1.54) is 16.7 Å². The van der Waals surface area contributed by atoms with E-state index >= 15 is 0 Å². The molecule has 1 nitrogen and oxygen atoms in total. The summed E-state index contributed by atoms with van der Waals surface area (Å²) in [5, 5.41) is 9.05. The number of nitrogens with zero attached hydrogens (tertiary/aromatic N) is 1. The van der Waals surface area contributed by atoms with Crippen molar-refractivity contribution >= 4 is 11.8 Å². The Balaban J connectivity index is 2.18. The third kappa shape index (κ3) is 4.01. The van der Waals surface area contributed by atoms with Gasteiger partial charge in [-0.2, -0.15) is 5.26 Å². The molecule has 99 valence electrons. The van der Waals surface area contributed by atoms with Crippen molar-refractivity contribution in [3.8, 4) is 6.07 Å². The molecule has 0 aliphatic heterocycles. The molecule has 0 saturated carbocycles. The van der Waals surface area contributed by atoms with Crippen molar-refractivity contribution in [3.63, 3.8) is 0 Å². The van der Waals surface area contributed by atoms with Crippen LogP contribution in [0.3, 0.4) is 0 Å². The van der Waals surface area contributed by atoms with Crippen LogP contribution in [0, 0.1) is 17.8 Å². The van der Waals surface area contributed by atoms with Gasteiger partial charge in [0.25, 0.3) is 0 Å². The Morgan fingerprint density at radius 2 is 2.05 bits per heavy atom. The molecule has 0 bridgehead atoms. The topological polar surface area (TPSA) is 23.8 Å². The molecule has 0 fully saturated rings. The average Bonchev–Trinajstić information content (AvgIpc) is 3.33. The summed E-state index contributed by atoms with van der Waals surface area (Å²) in [4.78, 5) is 1.13. The molecule has 0 atom stereocenters. The first kappa shape index (κ1) is 14.4. The van der Waals surface area contributed by atoms with Crippen LogP contribution in [-0.4, -0.2) is 0 Å². The lowest BCUT2D eigenvalue weighted by atomic mass is 10.2. The standard InChI is InChI=1S/C18H16NS/c1-3-15(12-19)11-18(14(2)17-9-10-17)20-13-16-7-5-4-6-8-16/h3-11H,1,13H2,2H3/b15-11+,18-14-. The van der Waals surface area contributed by atoms with Gasteiger partial charge in [0, 0.05) is 17.1 Å². The summed E-state index contributed by atoms with van der Waals surface area (Å²) in [5.41, 5.74) is 4.36. The van der Waals surface area contributed by atoms with E-state index in [9.17, 15) is 0 Å². The predicted molar refractivity (Wildman–Crippen MR) is 86.7 cm³/mol. The van der Waals surface area contributed by atoms with E-state index in [1.807, 2.05) is 24.3 Å². The minimum atomic E-state index is 0.598. The molecule has 0 spiro atoms. The fourth-order valence-corrected chi connectivity index (χ4v) is 2.76. The highest BCUT2D eigenvalue weighted by atomic mass is 32.2. The summed E-state index contributed by atoms with van der Waals surface area (Å²) in [6, 6.07) is 12.5. The first-order chi connectivity index (χ1) is 9.74. The molecule has 1 aliphatic carbocycles. The van der Waals surface area contributed by atoms with Gasteiger partial charge in [0.2, 0.25) is 0 Å². The smallest absolute Gasteiger partial charge is 0.0991 e. The van der Waals surface area contributed by atoms with Crippen LogP contribution in [0.25, 0.3) is 0 Å². The van der Waals surface area contributed by atoms with Gasteiger partial charge in [-0.3, -0.25) is 0 Å². The van der Waals surface area contributed by atoms with E-state index in [4.69, 9.17) is 5.26 Å². The summed E-state index contributed by atoms with van der Waals surface area (Å²) in [6.07, 6.45) is 7.70. The van der Waals surface area contributed by atoms with Gasteiger partial charge in [-0.1, -0.05) is 49.1 Å². The number of hydrogen-bond acceptors (Lipinski definition) is 2. The van der Waals surface area contributed by atoms with Crippen LogP contribution < -0.4 is 0 Å². The molecule has 0 N–H and O–H groups in total. The van der Waals surface area contributed by atoms with Gasteiger partial charge < -0.3 is 0 Å². The molecule has 2 rings (SSSR count).